The van der Waals surface area contributed by atoms with Crippen molar-refractivity contribution in [3.8, 4) is 0 Å². The molecule has 4 rings (SSSR count). The molecule has 162 valence electrons. The highest BCUT2D eigenvalue weighted by Crippen LogP contribution is 2.33. The number of carbonyl (C=O) groups excluding carboxylic acids is 2. The van der Waals surface area contributed by atoms with Crippen LogP contribution in [0.2, 0.25) is 0 Å². The van der Waals surface area contributed by atoms with E-state index in [4.69, 9.17) is 4.84 Å². The predicted octanol–water partition coefficient (Wildman–Crippen LogP) is 3.10. The van der Waals surface area contributed by atoms with Gasteiger partial charge in [-0.2, -0.15) is 0 Å². The number of benzene rings is 1. The van der Waals surface area contributed by atoms with E-state index in [2.05, 4.69) is 27.7 Å². The molecule has 8 heteroatoms. The zero-order valence-electron chi connectivity index (χ0n) is 17.6. The van der Waals surface area contributed by atoms with E-state index in [1.807, 2.05) is 36.4 Å². The van der Waals surface area contributed by atoms with Gasteiger partial charge in [0.25, 0.3) is 5.91 Å². The lowest BCUT2D eigenvalue weighted by molar-refractivity contribution is -0.115. The highest BCUT2D eigenvalue weighted by atomic mass is 16.7. The molecule has 1 saturated heterocycles. The molecule has 0 aliphatic carbocycles. The van der Waals surface area contributed by atoms with Crippen LogP contribution in [0.1, 0.15) is 37.3 Å². The van der Waals surface area contributed by atoms with Crippen molar-refractivity contribution >= 4 is 23.3 Å². The van der Waals surface area contributed by atoms with E-state index in [0.717, 1.165) is 30.5 Å². The number of nitrogens with one attached hydrogen (secondary N) is 2. The van der Waals surface area contributed by atoms with Crippen molar-refractivity contribution in [1.82, 2.24) is 15.2 Å². The minimum Gasteiger partial charge on any atom is -0.386 e. The fourth-order valence-corrected chi connectivity index (χ4v) is 3.94. The molecule has 2 aliphatic heterocycles. The minimum absolute atomic E-state index is 0.164. The number of anilines is 1. The van der Waals surface area contributed by atoms with Crippen LogP contribution in [0, 0.1) is 0 Å². The highest BCUT2D eigenvalue weighted by Gasteiger charge is 2.45. The summed E-state index contributed by atoms with van der Waals surface area (Å²) in [4.78, 5) is 36.7. The maximum atomic E-state index is 12.8. The Morgan fingerprint density at radius 3 is 2.65 bits per heavy atom. The Morgan fingerprint density at radius 1 is 1.13 bits per heavy atom. The Kier molecular flexibility index (Phi) is 6.16. The molecule has 31 heavy (non-hydrogen) atoms. The smallest absolute Gasteiger partial charge is 0.321 e. The van der Waals surface area contributed by atoms with Crippen LogP contribution >= 0.6 is 0 Å². The number of aromatic nitrogens is 1. The summed E-state index contributed by atoms with van der Waals surface area (Å²) in [7, 11) is 0. The number of oxime groups is 1. The zero-order valence-corrected chi connectivity index (χ0v) is 17.6. The van der Waals surface area contributed by atoms with E-state index in [1.165, 1.54) is 5.56 Å². The van der Waals surface area contributed by atoms with Crippen molar-refractivity contribution < 1.29 is 14.4 Å². The topological polar surface area (TPSA) is 95.9 Å². The Bertz CT molecular complexity index is 961. The summed E-state index contributed by atoms with van der Waals surface area (Å²) in [5.41, 5.74) is 2.68. The zero-order chi connectivity index (χ0) is 21.7. The number of carbonyl (C=O) groups is 2. The third-order valence-electron chi connectivity index (χ3n) is 5.74. The molecular weight excluding hydrogens is 394 g/mol. The predicted molar refractivity (Wildman–Crippen MR) is 118 cm³/mol. The Labute approximate surface area is 181 Å². The molecule has 3 heterocycles. The molecule has 3 amide bonds. The van der Waals surface area contributed by atoms with E-state index in [-0.39, 0.29) is 11.9 Å². The molecule has 1 fully saturated rings. The van der Waals surface area contributed by atoms with Gasteiger partial charge in [-0.1, -0.05) is 24.2 Å². The normalized spacial score (nSPS) is 20.2. The van der Waals surface area contributed by atoms with Crippen LogP contribution in [0.25, 0.3) is 0 Å². The molecule has 1 aromatic heterocycles. The van der Waals surface area contributed by atoms with E-state index in [1.54, 1.807) is 17.3 Å². The number of piperidine rings is 1. The average molecular weight is 422 g/mol. The Hall–Kier alpha value is -3.42. The van der Waals surface area contributed by atoms with E-state index in [9.17, 15) is 9.59 Å². The van der Waals surface area contributed by atoms with Crippen LogP contribution in [-0.2, 0) is 22.6 Å². The first kappa shape index (κ1) is 20.8. The van der Waals surface area contributed by atoms with Gasteiger partial charge in [0.1, 0.15) is 5.71 Å². The quantitative estimate of drug-likeness (QED) is 0.775. The van der Waals surface area contributed by atoms with Crippen LogP contribution in [0.4, 0.5) is 10.5 Å². The van der Waals surface area contributed by atoms with Crippen molar-refractivity contribution in [2.45, 2.75) is 44.8 Å². The van der Waals surface area contributed by atoms with Crippen molar-refractivity contribution in [2.75, 3.05) is 18.4 Å². The number of pyridine rings is 1. The molecule has 0 saturated carbocycles. The number of hydrogen-bond donors (Lipinski definition) is 2. The lowest BCUT2D eigenvalue weighted by Gasteiger charge is -2.38. The standard InChI is InChI=1S/C23H27N5O3/c1-2-17-4-6-19(7-5-17)26-22(30)28-13-3-10-23(16-28)14-20(27-31-23)21(29)25-15-18-8-11-24-12-9-18/h4-9,11-12H,2-3,10,13-16H2,1H3,(H,25,29)(H,26,30)/t23-/m1/s1. The van der Waals surface area contributed by atoms with E-state index >= 15 is 0 Å². The van der Waals surface area contributed by atoms with Crippen LogP contribution in [0.3, 0.4) is 0 Å². The Morgan fingerprint density at radius 2 is 1.90 bits per heavy atom. The lowest BCUT2D eigenvalue weighted by Crippen LogP contribution is -2.52. The molecule has 1 spiro atoms. The fraction of sp³-hybridized carbons (Fsp3) is 0.391. The largest absolute Gasteiger partial charge is 0.386 e. The molecule has 2 aromatic rings. The molecule has 2 N–H and O–H groups in total. The van der Waals surface area contributed by atoms with Crippen molar-refractivity contribution in [1.29, 1.82) is 0 Å². The van der Waals surface area contributed by atoms with Gasteiger partial charge in [-0.05, 0) is 54.7 Å². The molecule has 0 radical (unpaired) electrons. The fourth-order valence-electron chi connectivity index (χ4n) is 3.94. The molecular formula is C23H27N5O3. The average Bonchev–Trinajstić information content (AvgIpc) is 3.21. The number of likely N-dealkylation sites (tertiary alicyclic amines) is 1. The van der Waals surface area contributed by atoms with Gasteiger partial charge < -0.3 is 20.4 Å². The first-order chi connectivity index (χ1) is 15.1. The summed E-state index contributed by atoms with van der Waals surface area (Å²) in [6.07, 6.45) is 6.28. The van der Waals surface area contributed by atoms with Gasteiger partial charge in [0.2, 0.25) is 0 Å². The number of urea groups is 1. The second kappa shape index (κ2) is 9.16. The van der Waals surface area contributed by atoms with Crippen LogP contribution in [0.15, 0.2) is 53.9 Å². The maximum absolute atomic E-state index is 12.8. The van der Waals surface area contributed by atoms with Crippen LogP contribution in [-0.4, -0.2) is 46.2 Å². The van der Waals surface area contributed by atoms with Crippen molar-refractivity contribution in [3.63, 3.8) is 0 Å². The van der Waals surface area contributed by atoms with Gasteiger partial charge in [-0.3, -0.25) is 9.78 Å². The molecule has 1 atom stereocenters. The first-order valence-corrected chi connectivity index (χ1v) is 10.6. The third kappa shape index (κ3) is 5.02. The lowest BCUT2D eigenvalue weighted by atomic mass is 9.88. The third-order valence-corrected chi connectivity index (χ3v) is 5.74. The monoisotopic (exact) mass is 421 g/mol. The summed E-state index contributed by atoms with van der Waals surface area (Å²) >= 11 is 0. The second-order valence-electron chi connectivity index (χ2n) is 8.03. The summed E-state index contributed by atoms with van der Waals surface area (Å²) in [5, 5.41) is 9.88. The Balaban J connectivity index is 1.31. The van der Waals surface area contributed by atoms with Gasteiger partial charge in [0.05, 0.1) is 6.54 Å². The number of aryl methyl sites for hydroxylation is 1. The van der Waals surface area contributed by atoms with Crippen LogP contribution < -0.4 is 10.6 Å². The number of rotatable bonds is 5. The summed E-state index contributed by atoms with van der Waals surface area (Å²) < 4.78 is 0. The van der Waals surface area contributed by atoms with Crippen molar-refractivity contribution in [2.24, 2.45) is 5.16 Å². The summed E-state index contributed by atoms with van der Waals surface area (Å²) in [5.74, 6) is -0.244. The van der Waals surface area contributed by atoms with E-state index in [0.29, 0.717) is 31.8 Å². The molecule has 0 bridgehead atoms. The van der Waals surface area contributed by atoms with Gasteiger partial charge in [-0.25, -0.2) is 4.79 Å². The van der Waals surface area contributed by atoms with Crippen molar-refractivity contribution in [3.05, 3.63) is 59.9 Å². The second-order valence-corrected chi connectivity index (χ2v) is 8.03. The van der Waals surface area contributed by atoms with Gasteiger partial charge in [0, 0.05) is 37.6 Å². The SMILES string of the molecule is CCc1ccc(NC(=O)N2CCC[C@@]3(CC(C(=O)NCc4ccncc4)=NO3)C2)cc1. The van der Waals surface area contributed by atoms with Crippen LogP contribution in [0.5, 0.6) is 0 Å². The highest BCUT2D eigenvalue weighted by molar-refractivity contribution is 6.39. The van der Waals surface area contributed by atoms with E-state index < -0.39 is 5.60 Å². The summed E-state index contributed by atoms with van der Waals surface area (Å²) in [6, 6.07) is 11.4. The molecule has 1 aromatic carbocycles. The molecule has 2 aliphatic rings. The number of amides is 3. The molecule has 8 nitrogen and oxygen atoms in total. The first-order valence-electron chi connectivity index (χ1n) is 10.6. The number of nitrogens with zero attached hydrogens (tertiary/aromatic N) is 3. The van der Waals surface area contributed by atoms with Gasteiger partial charge in [0.15, 0.2) is 5.60 Å². The molecule has 0 unspecified atom stereocenters. The number of hydrogen-bond acceptors (Lipinski definition) is 5. The maximum Gasteiger partial charge on any atom is 0.321 e. The summed E-state index contributed by atoms with van der Waals surface area (Å²) in [6.45, 7) is 3.54. The minimum atomic E-state index is -0.634. The van der Waals surface area contributed by atoms with Gasteiger partial charge >= 0.3 is 6.03 Å². The van der Waals surface area contributed by atoms with Gasteiger partial charge in [-0.15, -0.1) is 0 Å².